The molecule has 2 aromatic rings. The van der Waals surface area contributed by atoms with E-state index in [-0.39, 0.29) is 5.91 Å². The van der Waals surface area contributed by atoms with Gasteiger partial charge in [0.05, 0.1) is 24.3 Å². The third kappa shape index (κ3) is 4.44. The number of anilines is 1. The van der Waals surface area contributed by atoms with Crippen LogP contribution in [0.1, 0.15) is 34.1 Å². The number of ether oxygens (including phenoxy) is 1. The summed E-state index contributed by atoms with van der Waals surface area (Å²) < 4.78 is 45.1. The average molecular weight is 419 g/mol. The zero-order valence-electron chi connectivity index (χ0n) is 16.5. The fourth-order valence-corrected chi connectivity index (χ4v) is 3.96. The third-order valence-corrected chi connectivity index (χ3v) is 5.53. The van der Waals surface area contributed by atoms with Crippen molar-refractivity contribution < 1.29 is 22.7 Å². The van der Waals surface area contributed by atoms with Crippen molar-refractivity contribution in [3.63, 3.8) is 0 Å². The van der Waals surface area contributed by atoms with Gasteiger partial charge in [0, 0.05) is 31.9 Å². The molecule has 0 unspecified atom stereocenters. The molecule has 0 bridgehead atoms. The molecule has 1 atom stereocenters. The summed E-state index contributed by atoms with van der Waals surface area (Å²) in [4.78, 5) is 17.1. The second-order valence-corrected chi connectivity index (χ2v) is 7.52. The highest BCUT2D eigenvalue weighted by molar-refractivity contribution is 6.01. The second kappa shape index (κ2) is 8.65. The Balaban J connectivity index is 1.58. The van der Waals surface area contributed by atoms with Gasteiger partial charge in [0.25, 0.3) is 5.91 Å². The molecule has 160 valence electrons. The fraction of sp³-hybridized carbons (Fsp3) is 0.409. The Hall–Kier alpha value is -2.58. The van der Waals surface area contributed by atoms with Crippen LogP contribution in [0, 0.1) is 0 Å². The SMILES string of the molecule is O=C1c2ccccc2N[C@@H](c2cccc(C(F)(F)F)c2)N1CCCN1CCOCC1. The summed E-state index contributed by atoms with van der Waals surface area (Å²) in [6.45, 7) is 4.36. The van der Waals surface area contributed by atoms with Gasteiger partial charge in [-0.15, -0.1) is 0 Å². The number of amides is 1. The number of rotatable bonds is 5. The summed E-state index contributed by atoms with van der Waals surface area (Å²) in [6, 6.07) is 12.3. The van der Waals surface area contributed by atoms with Crippen LogP contribution < -0.4 is 5.32 Å². The van der Waals surface area contributed by atoms with Crippen molar-refractivity contribution in [3.8, 4) is 0 Å². The number of hydrogen-bond acceptors (Lipinski definition) is 4. The van der Waals surface area contributed by atoms with Crippen LogP contribution >= 0.6 is 0 Å². The second-order valence-electron chi connectivity index (χ2n) is 7.52. The van der Waals surface area contributed by atoms with Crippen molar-refractivity contribution in [2.75, 3.05) is 44.7 Å². The Morgan fingerprint density at radius 1 is 1.03 bits per heavy atom. The molecule has 0 aliphatic carbocycles. The van der Waals surface area contributed by atoms with E-state index in [1.165, 1.54) is 6.07 Å². The number of hydrogen-bond donors (Lipinski definition) is 1. The minimum absolute atomic E-state index is 0.172. The molecule has 30 heavy (non-hydrogen) atoms. The first-order valence-corrected chi connectivity index (χ1v) is 10.1. The van der Waals surface area contributed by atoms with Crippen molar-refractivity contribution in [2.45, 2.75) is 18.8 Å². The van der Waals surface area contributed by atoms with E-state index < -0.39 is 17.9 Å². The molecule has 2 aliphatic rings. The van der Waals surface area contributed by atoms with E-state index in [4.69, 9.17) is 4.74 Å². The number of alkyl halides is 3. The number of nitrogens with zero attached hydrogens (tertiary/aromatic N) is 2. The number of para-hydroxylation sites is 1. The van der Waals surface area contributed by atoms with Gasteiger partial charge in [-0.05, 0) is 36.2 Å². The summed E-state index contributed by atoms with van der Waals surface area (Å²) in [5.41, 5.74) is 0.863. The monoisotopic (exact) mass is 419 g/mol. The van der Waals surface area contributed by atoms with E-state index in [0.717, 1.165) is 38.2 Å². The number of benzene rings is 2. The van der Waals surface area contributed by atoms with Crippen LogP contribution in [0.25, 0.3) is 0 Å². The van der Waals surface area contributed by atoms with Gasteiger partial charge in [-0.25, -0.2) is 0 Å². The minimum atomic E-state index is -4.44. The highest BCUT2D eigenvalue weighted by atomic mass is 19.4. The topological polar surface area (TPSA) is 44.8 Å². The zero-order valence-corrected chi connectivity index (χ0v) is 16.5. The van der Waals surface area contributed by atoms with Gasteiger partial charge in [0.1, 0.15) is 6.17 Å². The molecule has 2 aromatic carbocycles. The molecule has 0 radical (unpaired) electrons. The van der Waals surface area contributed by atoms with Gasteiger partial charge in [0.15, 0.2) is 0 Å². The summed E-state index contributed by atoms with van der Waals surface area (Å²) >= 11 is 0. The van der Waals surface area contributed by atoms with Crippen LogP contribution in [0.2, 0.25) is 0 Å². The lowest BCUT2D eigenvalue weighted by Gasteiger charge is -2.39. The lowest BCUT2D eigenvalue weighted by Crippen LogP contribution is -2.44. The van der Waals surface area contributed by atoms with Crippen LogP contribution in [-0.4, -0.2) is 55.1 Å². The maximum absolute atomic E-state index is 13.2. The summed E-state index contributed by atoms with van der Waals surface area (Å²) in [7, 11) is 0. The third-order valence-electron chi connectivity index (χ3n) is 5.53. The normalized spacial score (nSPS) is 20.0. The highest BCUT2D eigenvalue weighted by Crippen LogP contribution is 2.36. The van der Waals surface area contributed by atoms with Gasteiger partial charge >= 0.3 is 6.18 Å². The van der Waals surface area contributed by atoms with Gasteiger partial charge < -0.3 is 15.0 Å². The van der Waals surface area contributed by atoms with Crippen LogP contribution in [0.5, 0.6) is 0 Å². The standard InChI is InChI=1S/C22H24F3N3O2/c23-22(24,25)17-6-3-5-16(15-17)20-26-19-8-2-1-7-18(19)21(29)28(20)10-4-9-27-11-13-30-14-12-27/h1-3,5-8,15,20,26H,4,9-14H2/t20-/m1/s1. The Morgan fingerprint density at radius 3 is 2.57 bits per heavy atom. The fourth-order valence-electron chi connectivity index (χ4n) is 3.96. The van der Waals surface area contributed by atoms with E-state index in [1.807, 2.05) is 0 Å². The minimum Gasteiger partial charge on any atom is -0.379 e. The molecule has 0 aromatic heterocycles. The molecule has 2 heterocycles. The average Bonchev–Trinajstić information content (AvgIpc) is 2.75. The van der Waals surface area contributed by atoms with Gasteiger partial charge in [-0.1, -0.05) is 24.3 Å². The molecule has 2 aliphatic heterocycles. The maximum Gasteiger partial charge on any atom is 0.416 e. The van der Waals surface area contributed by atoms with E-state index in [9.17, 15) is 18.0 Å². The molecule has 8 heteroatoms. The quantitative estimate of drug-likeness (QED) is 0.796. The number of carbonyl (C=O) groups is 1. The lowest BCUT2D eigenvalue weighted by atomic mass is 10.0. The zero-order chi connectivity index (χ0) is 21.1. The van der Waals surface area contributed by atoms with Crippen molar-refractivity contribution in [1.82, 2.24) is 9.80 Å². The molecule has 1 amide bonds. The van der Waals surface area contributed by atoms with Crippen molar-refractivity contribution in [3.05, 3.63) is 65.2 Å². The molecular formula is C22H24F3N3O2. The molecule has 0 saturated carbocycles. The van der Waals surface area contributed by atoms with Gasteiger partial charge in [-0.3, -0.25) is 9.69 Å². The predicted octanol–water partition coefficient (Wildman–Crippen LogP) is 3.99. The van der Waals surface area contributed by atoms with Crippen LogP contribution in [0.3, 0.4) is 0 Å². The summed E-state index contributed by atoms with van der Waals surface area (Å²) in [5, 5.41) is 3.27. The van der Waals surface area contributed by atoms with E-state index in [1.54, 1.807) is 35.2 Å². The summed E-state index contributed by atoms with van der Waals surface area (Å²) in [5.74, 6) is -0.172. The number of fused-ring (bicyclic) bond motifs is 1. The number of carbonyl (C=O) groups excluding carboxylic acids is 1. The number of nitrogens with one attached hydrogen (secondary N) is 1. The first kappa shape index (κ1) is 20.7. The molecule has 1 saturated heterocycles. The van der Waals surface area contributed by atoms with E-state index in [2.05, 4.69) is 10.2 Å². The molecule has 4 rings (SSSR count). The Morgan fingerprint density at radius 2 is 1.80 bits per heavy atom. The van der Waals surface area contributed by atoms with E-state index >= 15 is 0 Å². The molecule has 0 spiro atoms. The smallest absolute Gasteiger partial charge is 0.379 e. The van der Waals surface area contributed by atoms with Crippen LogP contribution in [-0.2, 0) is 10.9 Å². The van der Waals surface area contributed by atoms with Crippen molar-refractivity contribution in [1.29, 1.82) is 0 Å². The molecule has 1 fully saturated rings. The van der Waals surface area contributed by atoms with Gasteiger partial charge in [-0.2, -0.15) is 13.2 Å². The first-order valence-electron chi connectivity index (χ1n) is 10.1. The van der Waals surface area contributed by atoms with Crippen molar-refractivity contribution >= 4 is 11.6 Å². The van der Waals surface area contributed by atoms with Gasteiger partial charge in [0.2, 0.25) is 0 Å². The first-order chi connectivity index (χ1) is 14.4. The van der Waals surface area contributed by atoms with Crippen LogP contribution in [0.15, 0.2) is 48.5 Å². The Bertz CT molecular complexity index is 897. The summed E-state index contributed by atoms with van der Waals surface area (Å²) in [6.07, 6.45) is -4.36. The lowest BCUT2D eigenvalue weighted by molar-refractivity contribution is -0.137. The maximum atomic E-state index is 13.2. The van der Waals surface area contributed by atoms with Crippen molar-refractivity contribution in [2.24, 2.45) is 0 Å². The molecule has 5 nitrogen and oxygen atoms in total. The Kier molecular flexibility index (Phi) is 5.97. The molecule has 1 N–H and O–H groups in total. The number of halogens is 3. The highest BCUT2D eigenvalue weighted by Gasteiger charge is 2.35. The number of morpholine rings is 1. The largest absolute Gasteiger partial charge is 0.416 e. The molecular weight excluding hydrogens is 395 g/mol. The Labute approximate surface area is 173 Å². The van der Waals surface area contributed by atoms with Crippen LogP contribution in [0.4, 0.5) is 18.9 Å². The van der Waals surface area contributed by atoms with E-state index in [0.29, 0.717) is 36.6 Å². The predicted molar refractivity (Wildman–Crippen MR) is 107 cm³/mol.